The van der Waals surface area contributed by atoms with Crippen LogP contribution in [0.3, 0.4) is 0 Å². The number of rotatable bonds is 6. The number of alkyl halides is 1. The summed E-state index contributed by atoms with van der Waals surface area (Å²) in [6.45, 7) is 4.76. The van der Waals surface area contributed by atoms with Crippen molar-refractivity contribution in [2.45, 2.75) is 19.9 Å². The molecule has 6 heteroatoms. The minimum Gasteiger partial charge on any atom is -0.295 e. The number of halogens is 1. The minimum absolute atomic E-state index is 0.639. The quantitative estimate of drug-likeness (QED) is 0.657. The molecule has 0 aliphatic heterocycles. The number of tetrazole rings is 1. The lowest BCUT2D eigenvalue weighted by Crippen LogP contribution is -2.26. The lowest BCUT2D eigenvalue weighted by Gasteiger charge is -2.17. The van der Waals surface area contributed by atoms with Gasteiger partial charge in [0.25, 0.3) is 0 Å². The molecule has 0 amide bonds. The molecule has 1 rings (SSSR count). The van der Waals surface area contributed by atoms with E-state index in [9.17, 15) is 0 Å². The van der Waals surface area contributed by atoms with E-state index in [4.69, 9.17) is 11.6 Å². The van der Waals surface area contributed by atoms with Crippen molar-refractivity contribution in [1.82, 2.24) is 25.1 Å². The Morgan fingerprint density at radius 3 is 2.71 bits per heavy atom. The first-order chi connectivity index (χ1) is 6.76. The van der Waals surface area contributed by atoms with E-state index >= 15 is 0 Å². The zero-order valence-electron chi connectivity index (χ0n) is 8.65. The molecule has 80 valence electrons. The molecule has 1 heterocycles. The zero-order valence-corrected chi connectivity index (χ0v) is 9.41. The molecule has 0 spiro atoms. The molecule has 1 aromatic rings. The molecule has 0 bridgehead atoms. The van der Waals surface area contributed by atoms with Gasteiger partial charge in [0.05, 0.1) is 13.6 Å². The van der Waals surface area contributed by atoms with Gasteiger partial charge in [-0.05, 0) is 18.2 Å². The van der Waals surface area contributed by atoms with Crippen LogP contribution in [-0.2, 0) is 13.6 Å². The Hall–Kier alpha value is -0.680. The van der Waals surface area contributed by atoms with E-state index < -0.39 is 0 Å². The van der Waals surface area contributed by atoms with E-state index in [0.29, 0.717) is 5.88 Å². The highest BCUT2D eigenvalue weighted by molar-refractivity contribution is 6.18. The molecule has 0 fully saturated rings. The first kappa shape index (κ1) is 11.4. The topological polar surface area (TPSA) is 46.8 Å². The van der Waals surface area contributed by atoms with Gasteiger partial charge in [-0.3, -0.25) is 4.90 Å². The van der Waals surface area contributed by atoms with Gasteiger partial charge in [0.15, 0.2) is 5.82 Å². The maximum absolute atomic E-state index is 5.70. The standard InChI is InChI=1S/C8H16ClN5/c1-3-5-14(6-4-9)7-8-10-12-13(2)11-8/h3-7H2,1-2H3. The SMILES string of the molecule is CCCN(CCCl)Cc1nnn(C)n1. The monoisotopic (exact) mass is 217 g/mol. The second kappa shape index (κ2) is 5.93. The van der Waals surface area contributed by atoms with Gasteiger partial charge < -0.3 is 0 Å². The van der Waals surface area contributed by atoms with Crippen LogP contribution in [0.1, 0.15) is 19.2 Å². The van der Waals surface area contributed by atoms with Crippen LogP contribution in [0, 0.1) is 0 Å². The van der Waals surface area contributed by atoms with Crippen LogP contribution in [-0.4, -0.2) is 44.1 Å². The van der Waals surface area contributed by atoms with E-state index in [2.05, 4.69) is 27.2 Å². The maximum Gasteiger partial charge on any atom is 0.188 e. The molecule has 14 heavy (non-hydrogen) atoms. The highest BCUT2D eigenvalue weighted by Crippen LogP contribution is 1.99. The first-order valence-corrected chi connectivity index (χ1v) is 5.31. The molecular formula is C8H16ClN5. The number of hydrogen-bond donors (Lipinski definition) is 0. The molecule has 0 radical (unpaired) electrons. The largest absolute Gasteiger partial charge is 0.295 e. The Labute approximate surface area is 89.0 Å². The second-order valence-electron chi connectivity index (χ2n) is 3.16. The van der Waals surface area contributed by atoms with E-state index in [1.807, 2.05) is 0 Å². The third kappa shape index (κ3) is 3.59. The molecule has 0 aliphatic rings. The van der Waals surface area contributed by atoms with E-state index in [1.165, 1.54) is 4.80 Å². The summed E-state index contributed by atoms with van der Waals surface area (Å²) >= 11 is 5.70. The molecule has 0 aliphatic carbocycles. The summed E-state index contributed by atoms with van der Waals surface area (Å²) in [4.78, 5) is 3.70. The van der Waals surface area contributed by atoms with Crippen molar-refractivity contribution in [3.05, 3.63) is 5.82 Å². The molecule has 1 aromatic heterocycles. The Morgan fingerprint density at radius 2 is 2.21 bits per heavy atom. The van der Waals surface area contributed by atoms with Crippen molar-refractivity contribution in [2.24, 2.45) is 7.05 Å². The molecular weight excluding hydrogens is 202 g/mol. The van der Waals surface area contributed by atoms with Crippen molar-refractivity contribution in [1.29, 1.82) is 0 Å². The second-order valence-corrected chi connectivity index (χ2v) is 3.54. The summed E-state index contributed by atoms with van der Waals surface area (Å²) in [5, 5.41) is 11.8. The average molecular weight is 218 g/mol. The molecule has 0 N–H and O–H groups in total. The molecule has 0 atom stereocenters. The predicted molar refractivity (Wildman–Crippen MR) is 55.1 cm³/mol. The van der Waals surface area contributed by atoms with Gasteiger partial charge >= 0.3 is 0 Å². The van der Waals surface area contributed by atoms with Crippen molar-refractivity contribution in [3.8, 4) is 0 Å². The van der Waals surface area contributed by atoms with Gasteiger partial charge in [0.2, 0.25) is 0 Å². The number of nitrogens with zero attached hydrogens (tertiary/aromatic N) is 5. The number of aromatic nitrogens is 4. The van der Waals surface area contributed by atoms with Gasteiger partial charge in [-0.1, -0.05) is 6.92 Å². The smallest absolute Gasteiger partial charge is 0.188 e. The molecule has 5 nitrogen and oxygen atoms in total. The van der Waals surface area contributed by atoms with Crippen LogP contribution >= 0.6 is 11.6 Å². The summed E-state index contributed by atoms with van der Waals surface area (Å²) in [6.07, 6.45) is 1.11. The van der Waals surface area contributed by atoms with Crippen LogP contribution in [0.2, 0.25) is 0 Å². The van der Waals surface area contributed by atoms with Crippen molar-refractivity contribution >= 4 is 11.6 Å². The Morgan fingerprint density at radius 1 is 1.43 bits per heavy atom. The lowest BCUT2D eigenvalue weighted by atomic mass is 10.4. The van der Waals surface area contributed by atoms with Crippen molar-refractivity contribution in [2.75, 3.05) is 19.0 Å². The summed E-state index contributed by atoms with van der Waals surface area (Å²) < 4.78 is 0. The van der Waals surface area contributed by atoms with Gasteiger partial charge in [-0.2, -0.15) is 4.80 Å². The summed E-state index contributed by atoms with van der Waals surface area (Å²) in [5.74, 6) is 1.39. The molecule has 0 unspecified atom stereocenters. The molecule has 0 saturated carbocycles. The fourth-order valence-electron chi connectivity index (χ4n) is 1.29. The fourth-order valence-corrected chi connectivity index (χ4v) is 1.53. The van der Waals surface area contributed by atoms with Gasteiger partial charge in [0.1, 0.15) is 0 Å². The first-order valence-electron chi connectivity index (χ1n) is 4.77. The Bertz CT molecular complexity index is 256. The van der Waals surface area contributed by atoms with Crippen LogP contribution < -0.4 is 0 Å². The van der Waals surface area contributed by atoms with Crippen molar-refractivity contribution < 1.29 is 0 Å². The highest BCUT2D eigenvalue weighted by atomic mass is 35.5. The Kier molecular flexibility index (Phi) is 4.82. The fraction of sp³-hybridized carbons (Fsp3) is 0.875. The van der Waals surface area contributed by atoms with Crippen LogP contribution in [0.5, 0.6) is 0 Å². The normalized spacial score (nSPS) is 11.1. The summed E-state index contributed by atoms with van der Waals surface area (Å²) in [6, 6.07) is 0. The molecule has 0 aromatic carbocycles. The van der Waals surface area contributed by atoms with E-state index in [1.54, 1.807) is 7.05 Å². The van der Waals surface area contributed by atoms with E-state index in [-0.39, 0.29) is 0 Å². The average Bonchev–Trinajstić information content (AvgIpc) is 2.52. The van der Waals surface area contributed by atoms with Crippen molar-refractivity contribution in [3.63, 3.8) is 0 Å². The molecule has 0 saturated heterocycles. The van der Waals surface area contributed by atoms with Crippen LogP contribution in [0.15, 0.2) is 0 Å². The summed E-state index contributed by atoms with van der Waals surface area (Å²) in [5.41, 5.74) is 0. The van der Waals surface area contributed by atoms with Gasteiger partial charge in [-0.15, -0.1) is 21.8 Å². The van der Waals surface area contributed by atoms with Crippen LogP contribution in [0.25, 0.3) is 0 Å². The maximum atomic E-state index is 5.70. The number of hydrogen-bond acceptors (Lipinski definition) is 4. The summed E-state index contributed by atoms with van der Waals surface area (Å²) in [7, 11) is 1.77. The lowest BCUT2D eigenvalue weighted by molar-refractivity contribution is 0.275. The number of aryl methyl sites for hydroxylation is 1. The minimum atomic E-state index is 0.639. The van der Waals surface area contributed by atoms with Crippen LogP contribution in [0.4, 0.5) is 0 Å². The Balaban J connectivity index is 2.46. The third-order valence-corrected chi connectivity index (χ3v) is 2.02. The highest BCUT2D eigenvalue weighted by Gasteiger charge is 2.07. The third-order valence-electron chi connectivity index (χ3n) is 1.86. The predicted octanol–water partition coefficient (Wildman–Crippen LogP) is 0.661. The van der Waals surface area contributed by atoms with Gasteiger partial charge in [-0.25, -0.2) is 0 Å². The zero-order chi connectivity index (χ0) is 10.4. The van der Waals surface area contributed by atoms with E-state index in [0.717, 1.165) is 31.9 Å². The van der Waals surface area contributed by atoms with Gasteiger partial charge in [0, 0.05) is 12.4 Å².